The van der Waals surface area contributed by atoms with Gasteiger partial charge in [-0.05, 0) is 19.3 Å². The van der Waals surface area contributed by atoms with Crippen LogP contribution in [0.25, 0.3) is 0 Å². The minimum absolute atomic E-state index is 0.0884. The van der Waals surface area contributed by atoms with Crippen LogP contribution in [0.2, 0.25) is 0 Å². The van der Waals surface area contributed by atoms with Gasteiger partial charge in [-0.15, -0.1) is 0 Å². The fourth-order valence-corrected chi connectivity index (χ4v) is 1.77. The summed E-state index contributed by atoms with van der Waals surface area (Å²) in [5, 5.41) is 0. The molecule has 5 nitrogen and oxygen atoms in total. The van der Waals surface area contributed by atoms with Crippen LogP contribution in [0, 0.1) is 0 Å². The first-order valence-corrected chi connectivity index (χ1v) is 6.61. The molecule has 0 aliphatic rings. The second kappa shape index (κ2) is 9.08. The van der Waals surface area contributed by atoms with Gasteiger partial charge in [0, 0.05) is 32.5 Å². The fraction of sp³-hybridized carbons (Fsp3) is 0.769. The standard InChI is InChI=1S/C13H25N3O2/c1-3-12(14)13-10-15-11-16(13)6-4-5-7-18-9-8-17-2/h10-12H,3-9,14H2,1-2H3/t12-/m1/s1. The first kappa shape index (κ1) is 15.1. The van der Waals surface area contributed by atoms with Crippen LogP contribution in [-0.4, -0.2) is 36.5 Å². The summed E-state index contributed by atoms with van der Waals surface area (Å²) >= 11 is 0. The molecule has 1 rings (SSSR count). The Bertz CT molecular complexity index is 315. The number of hydrogen-bond donors (Lipinski definition) is 1. The third-order valence-corrected chi connectivity index (χ3v) is 2.93. The van der Waals surface area contributed by atoms with Gasteiger partial charge in [-0.3, -0.25) is 0 Å². The van der Waals surface area contributed by atoms with E-state index in [2.05, 4.69) is 16.5 Å². The quantitative estimate of drug-likeness (QED) is 0.647. The molecule has 0 aliphatic carbocycles. The molecule has 104 valence electrons. The summed E-state index contributed by atoms with van der Waals surface area (Å²) in [5.41, 5.74) is 7.15. The molecule has 0 saturated carbocycles. The van der Waals surface area contributed by atoms with Crippen molar-refractivity contribution in [3.05, 3.63) is 18.2 Å². The van der Waals surface area contributed by atoms with Crippen LogP contribution >= 0.6 is 0 Å². The van der Waals surface area contributed by atoms with Gasteiger partial charge in [-0.2, -0.15) is 0 Å². The maximum Gasteiger partial charge on any atom is 0.0948 e. The molecule has 0 bridgehead atoms. The van der Waals surface area contributed by atoms with E-state index in [1.54, 1.807) is 7.11 Å². The van der Waals surface area contributed by atoms with Gasteiger partial charge in [0.2, 0.25) is 0 Å². The Kier molecular flexibility index (Phi) is 7.64. The summed E-state index contributed by atoms with van der Waals surface area (Å²) in [6.07, 6.45) is 6.78. The largest absolute Gasteiger partial charge is 0.382 e. The van der Waals surface area contributed by atoms with Gasteiger partial charge in [-0.1, -0.05) is 6.92 Å². The molecule has 0 amide bonds. The Morgan fingerprint density at radius 2 is 2.17 bits per heavy atom. The van der Waals surface area contributed by atoms with Crippen molar-refractivity contribution in [2.75, 3.05) is 26.9 Å². The number of nitrogens with zero attached hydrogens (tertiary/aromatic N) is 2. The minimum Gasteiger partial charge on any atom is -0.382 e. The Labute approximate surface area is 109 Å². The van der Waals surface area contributed by atoms with Gasteiger partial charge in [0.1, 0.15) is 0 Å². The zero-order valence-electron chi connectivity index (χ0n) is 11.5. The van der Waals surface area contributed by atoms with Crippen LogP contribution in [0.4, 0.5) is 0 Å². The van der Waals surface area contributed by atoms with E-state index in [1.807, 2.05) is 12.5 Å². The van der Waals surface area contributed by atoms with E-state index in [1.165, 1.54) is 0 Å². The molecule has 5 heteroatoms. The second-order valence-corrected chi connectivity index (χ2v) is 4.34. The number of imidazole rings is 1. The molecule has 0 unspecified atom stereocenters. The molecule has 1 heterocycles. The molecular formula is C13H25N3O2. The smallest absolute Gasteiger partial charge is 0.0948 e. The Morgan fingerprint density at radius 3 is 2.89 bits per heavy atom. The van der Waals surface area contributed by atoms with Crippen molar-refractivity contribution >= 4 is 0 Å². The van der Waals surface area contributed by atoms with E-state index in [0.717, 1.165) is 38.1 Å². The topological polar surface area (TPSA) is 62.3 Å². The van der Waals surface area contributed by atoms with E-state index in [0.29, 0.717) is 13.2 Å². The summed E-state index contributed by atoms with van der Waals surface area (Å²) in [4.78, 5) is 4.17. The third-order valence-electron chi connectivity index (χ3n) is 2.93. The maximum atomic E-state index is 6.03. The van der Waals surface area contributed by atoms with Crippen molar-refractivity contribution < 1.29 is 9.47 Å². The monoisotopic (exact) mass is 255 g/mol. The Balaban J connectivity index is 2.17. The number of aromatic nitrogens is 2. The fourth-order valence-electron chi connectivity index (χ4n) is 1.77. The molecular weight excluding hydrogens is 230 g/mol. The van der Waals surface area contributed by atoms with Crippen molar-refractivity contribution in [2.24, 2.45) is 5.73 Å². The maximum absolute atomic E-state index is 6.03. The normalized spacial score (nSPS) is 12.8. The molecule has 18 heavy (non-hydrogen) atoms. The van der Waals surface area contributed by atoms with Crippen LogP contribution in [0.15, 0.2) is 12.5 Å². The van der Waals surface area contributed by atoms with Crippen molar-refractivity contribution in [2.45, 2.75) is 38.8 Å². The molecule has 0 radical (unpaired) electrons. The lowest BCUT2D eigenvalue weighted by Gasteiger charge is -2.12. The molecule has 0 aromatic carbocycles. The van der Waals surface area contributed by atoms with Crippen LogP contribution in [0.1, 0.15) is 37.9 Å². The van der Waals surface area contributed by atoms with Gasteiger partial charge >= 0.3 is 0 Å². The molecule has 1 atom stereocenters. The minimum atomic E-state index is 0.0884. The van der Waals surface area contributed by atoms with Gasteiger partial charge in [-0.25, -0.2) is 4.98 Å². The number of aryl methyl sites for hydroxylation is 1. The van der Waals surface area contributed by atoms with E-state index in [9.17, 15) is 0 Å². The highest BCUT2D eigenvalue weighted by Gasteiger charge is 2.08. The first-order chi connectivity index (χ1) is 8.79. The van der Waals surface area contributed by atoms with Gasteiger partial charge < -0.3 is 19.8 Å². The van der Waals surface area contributed by atoms with Crippen molar-refractivity contribution in [3.8, 4) is 0 Å². The number of ether oxygens (including phenoxy) is 2. The van der Waals surface area contributed by atoms with Gasteiger partial charge in [0.25, 0.3) is 0 Å². The van der Waals surface area contributed by atoms with E-state index in [4.69, 9.17) is 15.2 Å². The van der Waals surface area contributed by atoms with Crippen molar-refractivity contribution in [3.63, 3.8) is 0 Å². The van der Waals surface area contributed by atoms with Gasteiger partial charge in [0.05, 0.1) is 25.2 Å². The molecule has 1 aromatic rings. The molecule has 0 spiro atoms. The zero-order valence-corrected chi connectivity index (χ0v) is 11.5. The lowest BCUT2D eigenvalue weighted by Crippen LogP contribution is -2.14. The number of methoxy groups -OCH3 is 1. The van der Waals surface area contributed by atoms with Crippen LogP contribution in [0.5, 0.6) is 0 Å². The summed E-state index contributed by atoms with van der Waals surface area (Å²) in [6.45, 7) is 5.17. The van der Waals surface area contributed by atoms with Crippen molar-refractivity contribution in [1.29, 1.82) is 0 Å². The molecule has 0 fully saturated rings. The predicted molar refractivity (Wildman–Crippen MR) is 71.4 cm³/mol. The number of rotatable bonds is 10. The molecule has 0 saturated heterocycles. The Morgan fingerprint density at radius 1 is 1.33 bits per heavy atom. The lowest BCUT2D eigenvalue weighted by atomic mass is 10.2. The van der Waals surface area contributed by atoms with E-state index < -0.39 is 0 Å². The van der Waals surface area contributed by atoms with E-state index >= 15 is 0 Å². The lowest BCUT2D eigenvalue weighted by molar-refractivity contribution is 0.0684. The highest BCUT2D eigenvalue weighted by atomic mass is 16.5. The summed E-state index contributed by atoms with van der Waals surface area (Å²) in [5.74, 6) is 0. The predicted octanol–water partition coefficient (Wildman–Crippen LogP) is 1.74. The van der Waals surface area contributed by atoms with Crippen LogP contribution in [0.3, 0.4) is 0 Å². The van der Waals surface area contributed by atoms with E-state index in [-0.39, 0.29) is 6.04 Å². The summed E-state index contributed by atoms with van der Waals surface area (Å²) in [6, 6.07) is 0.0884. The Hall–Kier alpha value is -0.910. The van der Waals surface area contributed by atoms with Crippen molar-refractivity contribution in [1.82, 2.24) is 9.55 Å². The van der Waals surface area contributed by atoms with Crippen LogP contribution < -0.4 is 5.73 Å². The average molecular weight is 255 g/mol. The highest BCUT2D eigenvalue weighted by Crippen LogP contribution is 2.13. The first-order valence-electron chi connectivity index (χ1n) is 6.61. The second-order valence-electron chi connectivity index (χ2n) is 4.34. The van der Waals surface area contributed by atoms with Crippen LogP contribution in [-0.2, 0) is 16.0 Å². The molecule has 1 aromatic heterocycles. The zero-order chi connectivity index (χ0) is 13.2. The molecule has 0 aliphatic heterocycles. The number of nitrogens with two attached hydrogens (primary N) is 1. The SMILES string of the molecule is CC[C@@H](N)c1cncn1CCCCOCCOC. The van der Waals surface area contributed by atoms with Gasteiger partial charge in [0.15, 0.2) is 0 Å². The highest BCUT2D eigenvalue weighted by molar-refractivity contribution is 5.03. The number of unbranched alkanes of at least 4 members (excludes halogenated alkanes) is 1. The molecule has 2 N–H and O–H groups in total. The number of hydrogen-bond acceptors (Lipinski definition) is 4. The average Bonchev–Trinajstić information content (AvgIpc) is 2.85. The summed E-state index contributed by atoms with van der Waals surface area (Å²) < 4.78 is 12.5. The third kappa shape index (κ3) is 5.16. The summed E-state index contributed by atoms with van der Waals surface area (Å²) in [7, 11) is 1.68.